The summed E-state index contributed by atoms with van der Waals surface area (Å²) in [4.78, 5) is 25.5. The minimum absolute atomic E-state index is 0.258. The van der Waals surface area contributed by atoms with Gasteiger partial charge in [0.05, 0.1) is 0 Å². The number of hydrogen-bond donors (Lipinski definition) is 2. The second-order valence-corrected chi connectivity index (χ2v) is 7.49. The lowest BCUT2D eigenvalue weighted by molar-refractivity contribution is -0.118. The molecule has 2 N–H and O–H groups in total. The lowest BCUT2D eigenvalue weighted by atomic mass is 10.0. The molecular formula is C23H21BrN2O2. The van der Waals surface area contributed by atoms with Gasteiger partial charge in [-0.05, 0) is 48.9 Å². The van der Waals surface area contributed by atoms with Crippen molar-refractivity contribution >= 4 is 33.4 Å². The summed E-state index contributed by atoms with van der Waals surface area (Å²) in [6, 6.07) is 23.6. The van der Waals surface area contributed by atoms with E-state index in [1.165, 1.54) is 0 Å². The van der Waals surface area contributed by atoms with Crippen molar-refractivity contribution in [3.63, 3.8) is 0 Å². The van der Waals surface area contributed by atoms with Crippen molar-refractivity contribution in [1.29, 1.82) is 0 Å². The van der Waals surface area contributed by atoms with Gasteiger partial charge in [-0.2, -0.15) is 0 Å². The molecule has 0 heterocycles. The average molecular weight is 437 g/mol. The molecule has 3 rings (SSSR count). The first-order valence-corrected chi connectivity index (χ1v) is 9.78. The SMILES string of the molecule is Cc1ccc(C(=O)N[C@@H](Cc2ccccc2)C(=O)Nc2ccc(Br)cc2)cc1. The predicted octanol–water partition coefficient (Wildman–Crippen LogP) is 4.74. The molecule has 5 heteroatoms. The molecular weight excluding hydrogens is 416 g/mol. The molecule has 0 aliphatic carbocycles. The third-order valence-corrected chi connectivity index (χ3v) is 4.86. The molecule has 0 bridgehead atoms. The van der Waals surface area contributed by atoms with Gasteiger partial charge in [-0.15, -0.1) is 0 Å². The number of anilines is 1. The highest BCUT2D eigenvalue weighted by Crippen LogP contribution is 2.15. The number of aryl methyl sites for hydroxylation is 1. The van der Waals surface area contributed by atoms with E-state index >= 15 is 0 Å². The number of nitrogens with one attached hydrogen (secondary N) is 2. The van der Waals surface area contributed by atoms with Crippen LogP contribution in [-0.2, 0) is 11.2 Å². The van der Waals surface area contributed by atoms with Gasteiger partial charge in [-0.3, -0.25) is 9.59 Å². The van der Waals surface area contributed by atoms with Crippen LogP contribution in [0.25, 0.3) is 0 Å². The molecule has 0 radical (unpaired) electrons. The van der Waals surface area contributed by atoms with Gasteiger partial charge in [0.2, 0.25) is 5.91 Å². The smallest absolute Gasteiger partial charge is 0.251 e. The van der Waals surface area contributed by atoms with E-state index in [0.717, 1.165) is 15.6 Å². The molecule has 0 unspecified atom stereocenters. The highest BCUT2D eigenvalue weighted by atomic mass is 79.9. The minimum Gasteiger partial charge on any atom is -0.340 e. The van der Waals surface area contributed by atoms with E-state index in [9.17, 15) is 9.59 Å². The summed E-state index contributed by atoms with van der Waals surface area (Å²) in [6.07, 6.45) is 0.404. The topological polar surface area (TPSA) is 58.2 Å². The van der Waals surface area contributed by atoms with E-state index < -0.39 is 6.04 Å². The summed E-state index contributed by atoms with van der Waals surface area (Å²) in [7, 11) is 0. The zero-order chi connectivity index (χ0) is 19.9. The first kappa shape index (κ1) is 19.8. The van der Waals surface area contributed by atoms with Gasteiger partial charge in [0.25, 0.3) is 5.91 Å². The van der Waals surface area contributed by atoms with Gasteiger partial charge in [-0.25, -0.2) is 0 Å². The van der Waals surface area contributed by atoms with Crippen LogP contribution in [0, 0.1) is 6.92 Å². The first-order valence-electron chi connectivity index (χ1n) is 8.99. The van der Waals surface area contributed by atoms with E-state index in [-0.39, 0.29) is 11.8 Å². The van der Waals surface area contributed by atoms with E-state index in [0.29, 0.717) is 17.7 Å². The summed E-state index contributed by atoms with van der Waals surface area (Å²) in [5.41, 5.74) is 3.25. The Morgan fingerprint density at radius 3 is 2.18 bits per heavy atom. The number of amides is 2. The van der Waals surface area contributed by atoms with Crippen molar-refractivity contribution in [1.82, 2.24) is 5.32 Å². The summed E-state index contributed by atoms with van der Waals surface area (Å²) < 4.78 is 0.930. The Morgan fingerprint density at radius 1 is 0.893 bits per heavy atom. The van der Waals surface area contributed by atoms with Gasteiger partial charge >= 0.3 is 0 Å². The Kier molecular flexibility index (Phi) is 6.61. The molecule has 3 aromatic rings. The van der Waals surface area contributed by atoms with Crippen LogP contribution in [0.3, 0.4) is 0 Å². The zero-order valence-corrected chi connectivity index (χ0v) is 17.1. The van der Waals surface area contributed by atoms with E-state index in [1.54, 1.807) is 12.1 Å². The van der Waals surface area contributed by atoms with Crippen LogP contribution in [-0.4, -0.2) is 17.9 Å². The van der Waals surface area contributed by atoms with Crippen LogP contribution in [0.5, 0.6) is 0 Å². The molecule has 4 nitrogen and oxygen atoms in total. The molecule has 0 aliphatic heterocycles. The van der Waals surface area contributed by atoms with Crippen molar-refractivity contribution in [2.24, 2.45) is 0 Å². The molecule has 0 aromatic heterocycles. The monoisotopic (exact) mass is 436 g/mol. The number of carbonyl (C=O) groups is 2. The predicted molar refractivity (Wildman–Crippen MR) is 115 cm³/mol. The van der Waals surface area contributed by atoms with Gasteiger partial charge in [0.1, 0.15) is 6.04 Å². The van der Waals surface area contributed by atoms with E-state index in [1.807, 2.05) is 73.7 Å². The number of hydrogen-bond acceptors (Lipinski definition) is 2. The molecule has 0 saturated heterocycles. The quantitative estimate of drug-likeness (QED) is 0.586. The van der Waals surface area contributed by atoms with Gasteiger partial charge < -0.3 is 10.6 Å². The maximum absolute atomic E-state index is 12.9. The zero-order valence-electron chi connectivity index (χ0n) is 15.5. The highest BCUT2D eigenvalue weighted by Gasteiger charge is 2.22. The Hall–Kier alpha value is -2.92. The Morgan fingerprint density at radius 2 is 1.54 bits per heavy atom. The van der Waals surface area contributed by atoms with E-state index in [2.05, 4.69) is 26.6 Å². The molecule has 3 aromatic carbocycles. The summed E-state index contributed by atoms with van der Waals surface area (Å²) in [5, 5.41) is 5.75. The van der Waals surface area contributed by atoms with Crippen molar-refractivity contribution in [3.05, 3.63) is 100 Å². The molecule has 28 heavy (non-hydrogen) atoms. The summed E-state index contributed by atoms with van der Waals surface area (Å²) >= 11 is 3.38. The maximum Gasteiger partial charge on any atom is 0.251 e. The molecule has 0 spiro atoms. The van der Waals surface area contributed by atoms with Gasteiger partial charge in [0.15, 0.2) is 0 Å². The van der Waals surface area contributed by atoms with Gasteiger partial charge in [0, 0.05) is 22.1 Å². The summed E-state index contributed by atoms with van der Waals surface area (Å²) in [6.45, 7) is 1.96. The van der Waals surface area contributed by atoms with E-state index in [4.69, 9.17) is 0 Å². The average Bonchev–Trinajstić information content (AvgIpc) is 2.70. The Labute approximate surface area is 173 Å². The van der Waals surface area contributed by atoms with Crippen LogP contribution in [0.4, 0.5) is 5.69 Å². The molecule has 1 atom stereocenters. The molecule has 142 valence electrons. The second-order valence-electron chi connectivity index (χ2n) is 6.58. The van der Waals surface area contributed by atoms with Gasteiger partial charge in [-0.1, -0.05) is 64.0 Å². The highest BCUT2D eigenvalue weighted by molar-refractivity contribution is 9.10. The normalized spacial score (nSPS) is 11.5. The second kappa shape index (κ2) is 9.33. The van der Waals surface area contributed by atoms with Crippen molar-refractivity contribution in [2.75, 3.05) is 5.32 Å². The Bertz CT molecular complexity index is 939. The van der Waals surface area contributed by atoms with Crippen LogP contribution in [0.2, 0.25) is 0 Å². The molecule has 0 saturated carbocycles. The Balaban J connectivity index is 1.77. The van der Waals surface area contributed by atoms with Crippen molar-refractivity contribution in [2.45, 2.75) is 19.4 Å². The molecule has 0 fully saturated rings. The van der Waals surface area contributed by atoms with Crippen molar-refractivity contribution < 1.29 is 9.59 Å². The fraction of sp³-hybridized carbons (Fsp3) is 0.130. The van der Waals surface area contributed by atoms with Crippen molar-refractivity contribution in [3.8, 4) is 0 Å². The minimum atomic E-state index is -0.695. The number of halogens is 1. The lowest BCUT2D eigenvalue weighted by Crippen LogP contribution is -2.45. The summed E-state index contributed by atoms with van der Waals surface area (Å²) in [5.74, 6) is -0.529. The first-order chi connectivity index (χ1) is 13.5. The number of rotatable bonds is 6. The third-order valence-electron chi connectivity index (χ3n) is 4.33. The van der Waals surface area contributed by atoms with Crippen LogP contribution >= 0.6 is 15.9 Å². The third kappa shape index (κ3) is 5.54. The van der Waals surface area contributed by atoms with Crippen LogP contribution in [0.15, 0.2) is 83.3 Å². The fourth-order valence-electron chi connectivity index (χ4n) is 2.77. The molecule has 0 aliphatic rings. The standard InChI is InChI=1S/C23H21BrN2O2/c1-16-7-9-18(10-8-16)22(27)26-21(15-17-5-3-2-4-6-17)23(28)25-20-13-11-19(24)12-14-20/h2-14,21H,15H2,1H3,(H,25,28)(H,26,27)/t21-/m0/s1. The maximum atomic E-state index is 12.9. The lowest BCUT2D eigenvalue weighted by Gasteiger charge is -2.19. The molecule has 2 amide bonds. The number of carbonyl (C=O) groups excluding carboxylic acids is 2. The largest absolute Gasteiger partial charge is 0.340 e. The number of benzene rings is 3. The fourth-order valence-corrected chi connectivity index (χ4v) is 3.03. The van der Waals surface area contributed by atoms with Crippen LogP contribution in [0.1, 0.15) is 21.5 Å². The van der Waals surface area contributed by atoms with Crippen LogP contribution < -0.4 is 10.6 Å².